The first kappa shape index (κ1) is 16.0. The summed E-state index contributed by atoms with van der Waals surface area (Å²) in [5, 5.41) is 3.27. The monoisotopic (exact) mass is 293 g/mol. The smallest absolute Gasteiger partial charge is 0.158 e. The highest BCUT2D eigenvalue weighted by Gasteiger charge is 2.18. The van der Waals surface area contributed by atoms with Gasteiger partial charge in [0.25, 0.3) is 0 Å². The van der Waals surface area contributed by atoms with Crippen LogP contribution in [-0.2, 0) is 11.3 Å². The molecule has 0 aliphatic carbocycles. The Morgan fingerprint density at radius 1 is 1.19 bits per heavy atom. The summed E-state index contributed by atoms with van der Waals surface area (Å²) in [6.07, 6.45) is 1.22. The van der Waals surface area contributed by atoms with Gasteiger partial charge in [-0.2, -0.15) is 0 Å². The molecule has 1 fully saturated rings. The maximum Gasteiger partial charge on any atom is 0.158 e. The first-order valence-corrected chi connectivity index (χ1v) is 7.84. The lowest BCUT2D eigenvalue weighted by molar-refractivity contribution is 0.178. The molecule has 0 amide bonds. The van der Waals surface area contributed by atoms with E-state index in [0.29, 0.717) is 6.61 Å². The van der Waals surface area contributed by atoms with Crippen LogP contribution in [0.3, 0.4) is 0 Å². The Morgan fingerprint density at radius 2 is 1.95 bits per heavy atom. The third-order valence-corrected chi connectivity index (χ3v) is 3.63. The van der Waals surface area contributed by atoms with Gasteiger partial charge in [-0.25, -0.2) is 9.97 Å². The van der Waals surface area contributed by atoms with E-state index in [1.165, 1.54) is 13.0 Å². The maximum absolute atomic E-state index is 5.17. The standard InChI is InChI=1S/C15H27N5O/c1-4-6-19-7-9-20(10-8-19)15-11-13(16-5-2)17-14(18-15)12-21-3/h11H,4-10,12H2,1-3H3,(H,16,17,18). The molecule has 118 valence electrons. The number of methoxy groups -OCH3 is 1. The molecular formula is C15H27N5O. The number of nitrogens with one attached hydrogen (secondary N) is 1. The molecule has 1 aromatic heterocycles. The quantitative estimate of drug-likeness (QED) is 0.824. The van der Waals surface area contributed by atoms with E-state index in [4.69, 9.17) is 4.74 Å². The average molecular weight is 293 g/mol. The molecule has 1 aliphatic rings. The molecule has 0 saturated carbocycles. The highest BCUT2D eigenvalue weighted by Crippen LogP contribution is 2.18. The number of rotatable bonds is 7. The minimum Gasteiger partial charge on any atom is -0.377 e. The molecule has 0 aromatic carbocycles. The maximum atomic E-state index is 5.17. The number of anilines is 2. The summed E-state index contributed by atoms with van der Waals surface area (Å²) in [6.45, 7) is 11.0. The number of ether oxygens (including phenoxy) is 1. The van der Waals surface area contributed by atoms with Crippen LogP contribution in [0.15, 0.2) is 6.07 Å². The van der Waals surface area contributed by atoms with E-state index >= 15 is 0 Å². The van der Waals surface area contributed by atoms with Gasteiger partial charge in [-0.05, 0) is 19.9 Å². The van der Waals surface area contributed by atoms with Gasteiger partial charge in [0.15, 0.2) is 5.82 Å². The molecule has 1 N–H and O–H groups in total. The fourth-order valence-corrected chi connectivity index (χ4v) is 2.63. The van der Waals surface area contributed by atoms with Crippen LogP contribution >= 0.6 is 0 Å². The third kappa shape index (κ3) is 4.54. The van der Waals surface area contributed by atoms with Crippen LogP contribution in [0, 0.1) is 0 Å². The average Bonchev–Trinajstić information content (AvgIpc) is 2.49. The first-order chi connectivity index (χ1) is 10.3. The van der Waals surface area contributed by atoms with E-state index in [-0.39, 0.29) is 0 Å². The Labute approximate surface area is 127 Å². The van der Waals surface area contributed by atoms with Crippen molar-refractivity contribution in [2.24, 2.45) is 0 Å². The van der Waals surface area contributed by atoms with Crippen molar-refractivity contribution in [2.45, 2.75) is 26.9 Å². The van der Waals surface area contributed by atoms with Crippen molar-refractivity contribution >= 4 is 11.6 Å². The van der Waals surface area contributed by atoms with Crippen molar-refractivity contribution in [1.29, 1.82) is 0 Å². The SMILES string of the molecule is CCCN1CCN(c2cc(NCC)nc(COC)n2)CC1. The van der Waals surface area contributed by atoms with E-state index in [2.05, 4.69) is 38.9 Å². The largest absolute Gasteiger partial charge is 0.377 e. The predicted molar refractivity (Wildman–Crippen MR) is 85.9 cm³/mol. The summed E-state index contributed by atoms with van der Waals surface area (Å²) < 4.78 is 5.17. The molecule has 1 aromatic rings. The van der Waals surface area contributed by atoms with Crippen LogP contribution in [0.5, 0.6) is 0 Å². The van der Waals surface area contributed by atoms with E-state index in [9.17, 15) is 0 Å². The molecule has 0 unspecified atom stereocenters. The molecule has 2 rings (SSSR count). The van der Waals surface area contributed by atoms with Gasteiger partial charge in [0.05, 0.1) is 0 Å². The molecule has 0 bridgehead atoms. The number of piperazine rings is 1. The second kappa shape index (κ2) is 8.14. The van der Waals surface area contributed by atoms with Crippen molar-refractivity contribution < 1.29 is 4.74 Å². The molecule has 2 heterocycles. The van der Waals surface area contributed by atoms with E-state index in [1.54, 1.807) is 7.11 Å². The van der Waals surface area contributed by atoms with Gasteiger partial charge in [-0.15, -0.1) is 0 Å². The van der Waals surface area contributed by atoms with E-state index in [1.807, 2.05) is 6.07 Å². The van der Waals surface area contributed by atoms with Gasteiger partial charge in [0, 0.05) is 45.9 Å². The van der Waals surface area contributed by atoms with Gasteiger partial charge in [0.1, 0.15) is 18.2 Å². The Morgan fingerprint density at radius 3 is 2.57 bits per heavy atom. The normalized spacial score (nSPS) is 16.2. The lowest BCUT2D eigenvalue weighted by Crippen LogP contribution is -2.46. The second-order valence-corrected chi connectivity index (χ2v) is 5.32. The summed E-state index contributed by atoms with van der Waals surface area (Å²) in [6, 6.07) is 2.04. The Balaban J connectivity index is 2.07. The van der Waals surface area contributed by atoms with Gasteiger partial charge >= 0.3 is 0 Å². The molecule has 0 atom stereocenters. The summed E-state index contributed by atoms with van der Waals surface area (Å²) in [4.78, 5) is 14.0. The second-order valence-electron chi connectivity index (χ2n) is 5.32. The van der Waals surface area contributed by atoms with Crippen LogP contribution in [0.1, 0.15) is 26.1 Å². The molecule has 0 radical (unpaired) electrons. The van der Waals surface area contributed by atoms with Gasteiger partial charge in [-0.3, -0.25) is 4.90 Å². The van der Waals surface area contributed by atoms with Crippen molar-refractivity contribution in [2.75, 3.05) is 56.6 Å². The fraction of sp³-hybridized carbons (Fsp3) is 0.733. The van der Waals surface area contributed by atoms with Crippen molar-refractivity contribution in [3.8, 4) is 0 Å². The zero-order valence-corrected chi connectivity index (χ0v) is 13.4. The van der Waals surface area contributed by atoms with E-state index < -0.39 is 0 Å². The van der Waals surface area contributed by atoms with Gasteiger partial charge < -0.3 is 15.0 Å². The molecule has 6 nitrogen and oxygen atoms in total. The van der Waals surface area contributed by atoms with Crippen LogP contribution in [0.25, 0.3) is 0 Å². The minimum absolute atomic E-state index is 0.446. The molecule has 1 saturated heterocycles. The van der Waals surface area contributed by atoms with Crippen LogP contribution in [0.2, 0.25) is 0 Å². The Bertz CT molecular complexity index is 408. The van der Waals surface area contributed by atoms with Crippen LogP contribution in [-0.4, -0.2) is 61.2 Å². The first-order valence-electron chi connectivity index (χ1n) is 7.84. The summed E-state index contributed by atoms with van der Waals surface area (Å²) in [7, 11) is 1.67. The van der Waals surface area contributed by atoms with E-state index in [0.717, 1.165) is 50.2 Å². The molecule has 1 aliphatic heterocycles. The predicted octanol–water partition coefficient (Wildman–Crippen LogP) is 1.59. The van der Waals surface area contributed by atoms with Crippen LogP contribution in [0.4, 0.5) is 11.6 Å². The van der Waals surface area contributed by atoms with Gasteiger partial charge in [-0.1, -0.05) is 6.92 Å². The Hall–Kier alpha value is -1.40. The molecule has 21 heavy (non-hydrogen) atoms. The molecule has 6 heteroatoms. The molecule has 0 spiro atoms. The van der Waals surface area contributed by atoms with Gasteiger partial charge in [0.2, 0.25) is 0 Å². The van der Waals surface area contributed by atoms with Crippen molar-refractivity contribution in [3.05, 3.63) is 11.9 Å². The third-order valence-electron chi connectivity index (χ3n) is 3.63. The number of hydrogen-bond donors (Lipinski definition) is 1. The summed E-state index contributed by atoms with van der Waals surface area (Å²) in [5.74, 6) is 2.62. The lowest BCUT2D eigenvalue weighted by atomic mass is 10.3. The number of hydrogen-bond acceptors (Lipinski definition) is 6. The number of nitrogens with zero attached hydrogens (tertiary/aromatic N) is 4. The zero-order chi connectivity index (χ0) is 15.1. The Kier molecular flexibility index (Phi) is 6.20. The lowest BCUT2D eigenvalue weighted by Gasteiger charge is -2.35. The summed E-state index contributed by atoms with van der Waals surface area (Å²) >= 11 is 0. The van der Waals surface area contributed by atoms with Crippen LogP contribution < -0.4 is 10.2 Å². The zero-order valence-electron chi connectivity index (χ0n) is 13.4. The van der Waals surface area contributed by atoms with Crippen molar-refractivity contribution in [3.63, 3.8) is 0 Å². The topological polar surface area (TPSA) is 53.5 Å². The highest BCUT2D eigenvalue weighted by molar-refractivity contribution is 5.49. The number of aromatic nitrogens is 2. The molecular weight excluding hydrogens is 266 g/mol. The minimum atomic E-state index is 0.446. The summed E-state index contributed by atoms with van der Waals surface area (Å²) in [5.41, 5.74) is 0. The van der Waals surface area contributed by atoms with Crippen molar-refractivity contribution in [1.82, 2.24) is 14.9 Å². The fourth-order valence-electron chi connectivity index (χ4n) is 2.63. The highest BCUT2D eigenvalue weighted by atomic mass is 16.5.